The molecule has 162 valence electrons. The summed E-state index contributed by atoms with van der Waals surface area (Å²) in [4.78, 5) is 30.9. The Hall–Kier alpha value is -2.25. The standard InChI is InChI=1S/C23H32N4O2S/c1-17(2)22(29)26-23-25-20(16-30-23)13-21(28)24-14-18-8-7-9-19(12-18)15-27-10-5-3-4-6-11-27/h7-9,12,16-17H,3-6,10-11,13-15H2,1-2H3,(H,24,28)(H,25,26,29). The van der Waals surface area contributed by atoms with Gasteiger partial charge in [-0.3, -0.25) is 14.5 Å². The van der Waals surface area contributed by atoms with Gasteiger partial charge in [-0.05, 0) is 37.1 Å². The minimum atomic E-state index is -0.101. The molecule has 3 rings (SSSR count). The topological polar surface area (TPSA) is 74.3 Å². The molecular formula is C23H32N4O2S. The number of benzene rings is 1. The van der Waals surface area contributed by atoms with Crippen LogP contribution in [0.15, 0.2) is 29.6 Å². The highest BCUT2D eigenvalue weighted by molar-refractivity contribution is 7.13. The molecule has 1 aromatic heterocycles. The molecule has 7 heteroatoms. The van der Waals surface area contributed by atoms with E-state index in [1.165, 1.54) is 55.7 Å². The van der Waals surface area contributed by atoms with Crippen LogP contribution in [-0.4, -0.2) is 34.8 Å². The van der Waals surface area contributed by atoms with Crippen LogP contribution < -0.4 is 10.6 Å². The second kappa shape index (κ2) is 11.2. The lowest BCUT2D eigenvalue weighted by molar-refractivity contribution is -0.120. The van der Waals surface area contributed by atoms with E-state index in [0.717, 1.165) is 12.1 Å². The smallest absolute Gasteiger partial charge is 0.228 e. The zero-order valence-corrected chi connectivity index (χ0v) is 18.8. The number of nitrogens with zero attached hydrogens (tertiary/aromatic N) is 2. The van der Waals surface area contributed by atoms with E-state index < -0.39 is 0 Å². The molecule has 30 heavy (non-hydrogen) atoms. The lowest BCUT2D eigenvalue weighted by Crippen LogP contribution is -2.25. The van der Waals surface area contributed by atoms with Crippen LogP contribution in [0.1, 0.15) is 56.4 Å². The molecule has 0 aliphatic carbocycles. The molecule has 1 aromatic carbocycles. The van der Waals surface area contributed by atoms with Crippen LogP contribution in [0.5, 0.6) is 0 Å². The van der Waals surface area contributed by atoms with E-state index in [-0.39, 0.29) is 24.2 Å². The van der Waals surface area contributed by atoms with Gasteiger partial charge in [0, 0.05) is 24.4 Å². The highest BCUT2D eigenvalue weighted by Gasteiger charge is 2.13. The van der Waals surface area contributed by atoms with Crippen molar-refractivity contribution < 1.29 is 9.59 Å². The van der Waals surface area contributed by atoms with Gasteiger partial charge in [-0.15, -0.1) is 11.3 Å². The van der Waals surface area contributed by atoms with Crippen LogP contribution >= 0.6 is 11.3 Å². The van der Waals surface area contributed by atoms with E-state index in [9.17, 15) is 9.59 Å². The average molecular weight is 429 g/mol. The zero-order chi connectivity index (χ0) is 21.3. The highest BCUT2D eigenvalue weighted by atomic mass is 32.1. The van der Waals surface area contributed by atoms with Gasteiger partial charge >= 0.3 is 0 Å². The van der Waals surface area contributed by atoms with Gasteiger partial charge in [0.15, 0.2) is 5.13 Å². The summed E-state index contributed by atoms with van der Waals surface area (Å²) in [5.41, 5.74) is 3.08. The van der Waals surface area contributed by atoms with E-state index >= 15 is 0 Å². The Morgan fingerprint density at radius 3 is 2.60 bits per heavy atom. The maximum Gasteiger partial charge on any atom is 0.228 e. The number of hydrogen-bond donors (Lipinski definition) is 2. The largest absolute Gasteiger partial charge is 0.352 e. The fourth-order valence-corrected chi connectivity index (χ4v) is 4.23. The van der Waals surface area contributed by atoms with Crippen molar-refractivity contribution in [2.24, 2.45) is 5.92 Å². The Morgan fingerprint density at radius 2 is 1.87 bits per heavy atom. The number of aromatic nitrogens is 1. The minimum absolute atomic E-state index is 0.0691. The third-order valence-electron chi connectivity index (χ3n) is 5.23. The Labute approximate surface area is 183 Å². The van der Waals surface area contributed by atoms with Crippen molar-refractivity contribution in [3.05, 3.63) is 46.5 Å². The molecule has 2 aromatic rings. The second-order valence-electron chi connectivity index (χ2n) is 8.25. The SMILES string of the molecule is CC(C)C(=O)Nc1nc(CC(=O)NCc2cccc(CN3CCCCCC3)c2)cs1. The number of carbonyl (C=O) groups is 2. The first kappa shape index (κ1) is 22.4. The molecule has 0 unspecified atom stereocenters. The van der Waals surface area contributed by atoms with Crippen LogP contribution in [0, 0.1) is 5.92 Å². The summed E-state index contributed by atoms with van der Waals surface area (Å²) in [5.74, 6) is -0.240. The van der Waals surface area contributed by atoms with E-state index in [2.05, 4.69) is 44.8 Å². The van der Waals surface area contributed by atoms with Crippen LogP contribution in [-0.2, 0) is 29.1 Å². The Balaban J connectivity index is 1.46. The fourth-order valence-electron chi connectivity index (χ4n) is 3.51. The van der Waals surface area contributed by atoms with Gasteiger partial charge in [0.25, 0.3) is 0 Å². The van der Waals surface area contributed by atoms with Gasteiger partial charge in [-0.25, -0.2) is 4.98 Å². The summed E-state index contributed by atoms with van der Waals surface area (Å²) in [6.07, 6.45) is 5.46. The van der Waals surface area contributed by atoms with Gasteiger partial charge in [0.1, 0.15) is 0 Å². The van der Waals surface area contributed by atoms with Gasteiger partial charge in [0.05, 0.1) is 12.1 Å². The van der Waals surface area contributed by atoms with Crippen LogP contribution in [0.3, 0.4) is 0 Å². The summed E-state index contributed by atoms with van der Waals surface area (Å²) < 4.78 is 0. The summed E-state index contributed by atoms with van der Waals surface area (Å²) in [6, 6.07) is 8.47. The molecule has 1 aliphatic rings. The third kappa shape index (κ3) is 7.22. The molecule has 1 saturated heterocycles. The first-order valence-corrected chi connectivity index (χ1v) is 11.7. The molecule has 2 amide bonds. The van der Waals surface area contributed by atoms with Crippen LogP contribution in [0.2, 0.25) is 0 Å². The Morgan fingerprint density at radius 1 is 1.13 bits per heavy atom. The van der Waals surface area contributed by atoms with Crippen molar-refractivity contribution >= 4 is 28.3 Å². The van der Waals surface area contributed by atoms with Gasteiger partial charge in [-0.2, -0.15) is 0 Å². The average Bonchev–Trinajstić information content (AvgIpc) is 2.99. The summed E-state index contributed by atoms with van der Waals surface area (Å²) in [6.45, 7) is 7.50. The molecular weight excluding hydrogens is 396 g/mol. The normalized spacial score (nSPS) is 15.0. The maximum atomic E-state index is 12.3. The number of amides is 2. The monoisotopic (exact) mass is 428 g/mol. The van der Waals surface area contributed by atoms with Gasteiger partial charge < -0.3 is 10.6 Å². The lowest BCUT2D eigenvalue weighted by Gasteiger charge is -2.20. The van der Waals surface area contributed by atoms with Crippen molar-refractivity contribution in [2.45, 2.75) is 59.0 Å². The van der Waals surface area contributed by atoms with Crippen molar-refractivity contribution in [3.8, 4) is 0 Å². The molecule has 2 heterocycles. The Bertz CT molecular complexity index is 841. The quantitative estimate of drug-likeness (QED) is 0.667. The first-order valence-electron chi connectivity index (χ1n) is 10.8. The number of nitrogens with one attached hydrogen (secondary N) is 2. The highest BCUT2D eigenvalue weighted by Crippen LogP contribution is 2.17. The summed E-state index contributed by atoms with van der Waals surface area (Å²) in [5, 5.41) is 8.11. The number of thiazole rings is 1. The number of carbonyl (C=O) groups excluding carboxylic acids is 2. The number of hydrogen-bond acceptors (Lipinski definition) is 5. The molecule has 0 saturated carbocycles. The molecule has 0 spiro atoms. The van der Waals surface area contributed by atoms with Crippen molar-refractivity contribution in [1.82, 2.24) is 15.2 Å². The van der Waals surface area contributed by atoms with Crippen LogP contribution in [0.4, 0.5) is 5.13 Å². The van der Waals surface area contributed by atoms with Gasteiger partial charge in [-0.1, -0.05) is 51.0 Å². The van der Waals surface area contributed by atoms with E-state index in [1.807, 2.05) is 19.2 Å². The van der Waals surface area contributed by atoms with E-state index in [0.29, 0.717) is 17.4 Å². The summed E-state index contributed by atoms with van der Waals surface area (Å²) in [7, 11) is 0. The molecule has 0 radical (unpaired) electrons. The van der Waals surface area contributed by atoms with E-state index in [4.69, 9.17) is 0 Å². The molecule has 6 nitrogen and oxygen atoms in total. The van der Waals surface area contributed by atoms with Gasteiger partial charge in [0.2, 0.25) is 11.8 Å². The fraction of sp³-hybridized carbons (Fsp3) is 0.522. The lowest BCUT2D eigenvalue weighted by atomic mass is 10.1. The Kier molecular flexibility index (Phi) is 8.39. The number of rotatable bonds is 8. The summed E-state index contributed by atoms with van der Waals surface area (Å²) >= 11 is 1.34. The maximum absolute atomic E-state index is 12.3. The minimum Gasteiger partial charge on any atom is -0.352 e. The molecule has 0 atom stereocenters. The van der Waals surface area contributed by atoms with Crippen molar-refractivity contribution in [3.63, 3.8) is 0 Å². The predicted molar refractivity (Wildman–Crippen MR) is 121 cm³/mol. The zero-order valence-electron chi connectivity index (χ0n) is 17.9. The first-order chi connectivity index (χ1) is 14.5. The van der Waals surface area contributed by atoms with Crippen molar-refractivity contribution in [1.29, 1.82) is 0 Å². The van der Waals surface area contributed by atoms with E-state index in [1.54, 1.807) is 0 Å². The number of anilines is 1. The third-order valence-corrected chi connectivity index (χ3v) is 6.04. The molecule has 2 N–H and O–H groups in total. The second-order valence-corrected chi connectivity index (χ2v) is 9.11. The number of likely N-dealkylation sites (tertiary alicyclic amines) is 1. The predicted octanol–water partition coefficient (Wildman–Crippen LogP) is 3.97. The molecule has 0 bridgehead atoms. The molecule has 1 aliphatic heterocycles. The van der Waals surface area contributed by atoms with Crippen molar-refractivity contribution in [2.75, 3.05) is 18.4 Å². The van der Waals surface area contributed by atoms with Crippen LogP contribution in [0.25, 0.3) is 0 Å². The molecule has 1 fully saturated rings.